The molecule has 2 saturated heterocycles. The molecular formula is C14H23N5O. The maximum atomic E-state index is 5.55. The number of nitrogens with two attached hydrogens (primary N) is 1. The van der Waals surface area contributed by atoms with E-state index in [2.05, 4.69) is 20.3 Å². The third kappa shape index (κ3) is 2.33. The predicted octanol–water partition coefficient (Wildman–Crippen LogP) is 1.39. The first-order chi connectivity index (χ1) is 9.63. The molecule has 0 radical (unpaired) electrons. The highest BCUT2D eigenvalue weighted by atomic mass is 16.5. The Morgan fingerprint density at radius 1 is 1.20 bits per heavy atom. The van der Waals surface area contributed by atoms with Gasteiger partial charge < -0.3 is 15.1 Å². The molecule has 2 aliphatic heterocycles. The van der Waals surface area contributed by atoms with Crippen LogP contribution in [0.2, 0.25) is 0 Å². The number of nitrogens with zero attached hydrogens (tertiary/aromatic N) is 3. The molecular weight excluding hydrogens is 254 g/mol. The van der Waals surface area contributed by atoms with Crippen molar-refractivity contribution in [1.29, 1.82) is 0 Å². The average Bonchev–Trinajstić information content (AvgIpc) is 2.85. The van der Waals surface area contributed by atoms with Crippen LogP contribution in [0, 0.1) is 19.3 Å². The third-order valence-corrected chi connectivity index (χ3v) is 4.66. The van der Waals surface area contributed by atoms with Crippen LogP contribution >= 0.6 is 0 Å². The second-order valence-electron chi connectivity index (χ2n) is 6.00. The highest BCUT2D eigenvalue weighted by Crippen LogP contribution is 2.41. The lowest BCUT2D eigenvalue weighted by Gasteiger charge is -2.33. The van der Waals surface area contributed by atoms with Gasteiger partial charge in [-0.25, -0.2) is 15.8 Å². The van der Waals surface area contributed by atoms with Crippen LogP contribution < -0.4 is 16.2 Å². The molecule has 1 spiro atoms. The van der Waals surface area contributed by atoms with Gasteiger partial charge in [-0.2, -0.15) is 0 Å². The van der Waals surface area contributed by atoms with Crippen LogP contribution in [0.4, 0.5) is 11.6 Å². The zero-order valence-corrected chi connectivity index (χ0v) is 12.3. The summed E-state index contributed by atoms with van der Waals surface area (Å²) in [7, 11) is 0. The van der Waals surface area contributed by atoms with E-state index < -0.39 is 0 Å². The van der Waals surface area contributed by atoms with Crippen molar-refractivity contribution in [2.45, 2.75) is 33.1 Å². The molecule has 1 aromatic rings. The lowest BCUT2D eigenvalue weighted by molar-refractivity contribution is 0.0254. The summed E-state index contributed by atoms with van der Waals surface area (Å²) in [5.41, 5.74) is 4.12. The van der Waals surface area contributed by atoms with Gasteiger partial charge in [0.25, 0.3) is 0 Å². The van der Waals surface area contributed by atoms with E-state index >= 15 is 0 Å². The van der Waals surface area contributed by atoms with Crippen LogP contribution in [0.25, 0.3) is 0 Å². The quantitative estimate of drug-likeness (QED) is 0.628. The number of hydrogen-bond acceptors (Lipinski definition) is 6. The van der Waals surface area contributed by atoms with Crippen molar-refractivity contribution in [3.05, 3.63) is 11.4 Å². The number of nitrogens with one attached hydrogen (secondary N) is 1. The summed E-state index contributed by atoms with van der Waals surface area (Å²) in [6.07, 6.45) is 3.55. The second kappa shape index (κ2) is 5.18. The molecule has 0 amide bonds. The molecule has 2 aliphatic rings. The van der Waals surface area contributed by atoms with E-state index in [9.17, 15) is 0 Å². The van der Waals surface area contributed by atoms with Gasteiger partial charge in [0.2, 0.25) is 0 Å². The van der Waals surface area contributed by atoms with Crippen molar-refractivity contribution >= 4 is 11.6 Å². The summed E-state index contributed by atoms with van der Waals surface area (Å²) in [4.78, 5) is 11.3. The van der Waals surface area contributed by atoms with Crippen molar-refractivity contribution in [2.24, 2.45) is 11.3 Å². The van der Waals surface area contributed by atoms with Crippen LogP contribution in [-0.4, -0.2) is 36.3 Å². The number of aromatic nitrogens is 2. The largest absolute Gasteiger partial charge is 0.381 e. The number of anilines is 2. The Morgan fingerprint density at radius 2 is 1.95 bits per heavy atom. The average molecular weight is 277 g/mol. The van der Waals surface area contributed by atoms with E-state index in [0.29, 0.717) is 5.41 Å². The number of aryl methyl sites for hydroxylation is 1. The van der Waals surface area contributed by atoms with E-state index in [4.69, 9.17) is 10.6 Å². The number of hydrazine groups is 1. The van der Waals surface area contributed by atoms with Gasteiger partial charge in [0.1, 0.15) is 17.5 Å². The summed E-state index contributed by atoms with van der Waals surface area (Å²) in [6.45, 7) is 7.85. The Morgan fingerprint density at radius 3 is 2.65 bits per heavy atom. The van der Waals surface area contributed by atoms with Gasteiger partial charge in [0.05, 0.1) is 0 Å². The molecule has 6 heteroatoms. The minimum Gasteiger partial charge on any atom is -0.381 e. The molecule has 2 fully saturated rings. The van der Waals surface area contributed by atoms with E-state index in [1.807, 2.05) is 13.8 Å². The number of nitrogen functional groups attached to an aromatic ring is 1. The van der Waals surface area contributed by atoms with Gasteiger partial charge in [0.15, 0.2) is 0 Å². The first kappa shape index (κ1) is 13.6. The molecule has 0 bridgehead atoms. The third-order valence-electron chi connectivity index (χ3n) is 4.66. The van der Waals surface area contributed by atoms with E-state index in [0.717, 1.165) is 62.2 Å². The summed E-state index contributed by atoms with van der Waals surface area (Å²) < 4.78 is 5.51. The molecule has 6 nitrogen and oxygen atoms in total. The molecule has 3 rings (SSSR count). The first-order valence-corrected chi connectivity index (χ1v) is 7.28. The molecule has 3 heterocycles. The van der Waals surface area contributed by atoms with E-state index in [1.165, 1.54) is 6.42 Å². The molecule has 0 aromatic carbocycles. The molecule has 0 atom stereocenters. The Kier molecular flexibility index (Phi) is 3.52. The SMILES string of the molecule is Cc1nc(NN)c(C)c(N2CCC3(CCOCC3)C2)n1. The van der Waals surface area contributed by atoms with E-state index in [-0.39, 0.29) is 0 Å². The molecule has 20 heavy (non-hydrogen) atoms. The molecule has 0 saturated carbocycles. The van der Waals surface area contributed by atoms with Crippen molar-refractivity contribution in [1.82, 2.24) is 9.97 Å². The molecule has 1 aromatic heterocycles. The van der Waals surface area contributed by atoms with E-state index in [1.54, 1.807) is 0 Å². The monoisotopic (exact) mass is 277 g/mol. The first-order valence-electron chi connectivity index (χ1n) is 7.28. The highest BCUT2D eigenvalue weighted by Gasteiger charge is 2.40. The van der Waals surface area contributed by atoms with Crippen LogP contribution in [0.5, 0.6) is 0 Å². The molecule has 3 N–H and O–H groups in total. The summed E-state index contributed by atoms with van der Waals surface area (Å²) in [5.74, 6) is 8.05. The summed E-state index contributed by atoms with van der Waals surface area (Å²) >= 11 is 0. The Labute approximate surface area is 119 Å². The number of rotatable bonds is 2. The zero-order chi connectivity index (χ0) is 14.2. The predicted molar refractivity (Wildman–Crippen MR) is 78.6 cm³/mol. The number of hydrogen-bond donors (Lipinski definition) is 2. The summed E-state index contributed by atoms with van der Waals surface area (Å²) in [5, 5.41) is 0. The van der Waals surface area contributed by atoms with Gasteiger partial charge in [-0.1, -0.05) is 0 Å². The highest BCUT2D eigenvalue weighted by molar-refractivity contribution is 5.58. The second-order valence-corrected chi connectivity index (χ2v) is 6.00. The van der Waals surface area contributed by atoms with Crippen LogP contribution in [-0.2, 0) is 4.74 Å². The fraction of sp³-hybridized carbons (Fsp3) is 0.714. The smallest absolute Gasteiger partial charge is 0.148 e. The van der Waals surface area contributed by atoms with Gasteiger partial charge in [0, 0.05) is 31.9 Å². The standard InChI is InChI=1S/C14H23N5O/c1-10-12(18-15)16-11(2)17-13(10)19-6-3-14(9-19)4-7-20-8-5-14/h3-9,15H2,1-2H3,(H,16,17,18). The van der Waals surface area contributed by atoms with Crippen molar-refractivity contribution in [3.8, 4) is 0 Å². The zero-order valence-electron chi connectivity index (χ0n) is 12.3. The maximum absolute atomic E-state index is 5.55. The Balaban J connectivity index is 1.85. The minimum absolute atomic E-state index is 0.417. The van der Waals surface area contributed by atoms with Crippen LogP contribution in [0.15, 0.2) is 0 Å². The van der Waals surface area contributed by atoms with Crippen molar-refractivity contribution < 1.29 is 4.74 Å². The van der Waals surface area contributed by atoms with Crippen molar-refractivity contribution in [2.75, 3.05) is 36.6 Å². The Bertz CT molecular complexity index is 499. The Hall–Kier alpha value is -1.40. The van der Waals surface area contributed by atoms with Crippen LogP contribution in [0.3, 0.4) is 0 Å². The fourth-order valence-corrected chi connectivity index (χ4v) is 3.39. The minimum atomic E-state index is 0.417. The normalized spacial score (nSPS) is 21.4. The molecule has 0 unspecified atom stereocenters. The topological polar surface area (TPSA) is 76.3 Å². The summed E-state index contributed by atoms with van der Waals surface area (Å²) in [6, 6.07) is 0. The fourth-order valence-electron chi connectivity index (χ4n) is 3.39. The van der Waals surface area contributed by atoms with Gasteiger partial charge in [-0.3, -0.25) is 0 Å². The lowest BCUT2D eigenvalue weighted by Crippen LogP contribution is -2.33. The van der Waals surface area contributed by atoms with Gasteiger partial charge in [-0.15, -0.1) is 0 Å². The molecule has 0 aliphatic carbocycles. The van der Waals surface area contributed by atoms with Gasteiger partial charge >= 0.3 is 0 Å². The van der Waals surface area contributed by atoms with Crippen molar-refractivity contribution in [3.63, 3.8) is 0 Å². The number of ether oxygens (including phenoxy) is 1. The lowest BCUT2D eigenvalue weighted by atomic mass is 9.80. The molecule has 110 valence electrons. The van der Waals surface area contributed by atoms with Gasteiger partial charge in [-0.05, 0) is 38.5 Å². The maximum Gasteiger partial charge on any atom is 0.148 e. The van der Waals surface area contributed by atoms with Crippen LogP contribution in [0.1, 0.15) is 30.7 Å².